The van der Waals surface area contributed by atoms with Gasteiger partial charge in [0.2, 0.25) is 5.91 Å². The molecule has 0 saturated heterocycles. The summed E-state index contributed by atoms with van der Waals surface area (Å²) in [5.41, 5.74) is 1.07. The highest BCUT2D eigenvalue weighted by Gasteiger charge is 2.09. The van der Waals surface area contributed by atoms with E-state index in [0.717, 1.165) is 5.56 Å². The molecular weight excluding hydrogens is 486 g/mol. The summed E-state index contributed by atoms with van der Waals surface area (Å²) in [6.45, 7) is 2.99. The second kappa shape index (κ2) is 13.0. The Labute approximate surface area is 188 Å². The molecule has 0 aliphatic carbocycles. The van der Waals surface area contributed by atoms with Gasteiger partial charge in [-0.3, -0.25) is 4.79 Å². The third kappa shape index (κ3) is 9.60. The zero-order chi connectivity index (χ0) is 20.4. The molecule has 1 atom stereocenters. The number of nitrogens with zero attached hydrogens (tertiary/aromatic N) is 2. The summed E-state index contributed by atoms with van der Waals surface area (Å²) in [5.74, 6) is 0.760. The van der Waals surface area contributed by atoms with E-state index in [4.69, 9.17) is 4.74 Å². The van der Waals surface area contributed by atoms with Crippen molar-refractivity contribution in [3.05, 3.63) is 66.0 Å². The molecule has 2 aromatic rings. The van der Waals surface area contributed by atoms with E-state index in [0.29, 0.717) is 24.8 Å². The Morgan fingerprint density at radius 3 is 2.38 bits per heavy atom. The molecule has 8 heteroatoms. The number of rotatable bonds is 8. The van der Waals surface area contributed by atoms with Gasteiger partial charge in [0.25, 0.3) is 0 Å². The summed E-state index contributed by atoms with van der Waals surface area (Å²) < 4.78 is 18.7. The van der Waals surface area contributed by atoms with Gasteiger partial charge in [0.1, 0.15) is 17.7 Å². The van der Waals surface area contributed by atoms with E-state index in [1.165, 1.54) is 17.0 Å². The summed E-state index contributed by atoms with van der Waals surface area (Å²) in [7, 11) is 3.41. The van der Waals surface area contributed by atoms with Crippen molar-refractivity contribution in [3.63, 3.8) is 0 Å². The largest absolute Gasteiger partial charge is 0.489 e. The predicted octanol–water partition coefficient (Wildman–Crippen LogP) is 3.03. The van der Waals surface area contributed by atoms with Crippen LogP contribution in [0.3, 0.4) is 0 Å². The van der Waals surface area contributed by atoms with Gasteiger partial charge in [0.05, 0.1) is 19.6 Å². The highest BCUT2D eigenvalue weighted by Crippen LogP contribution is 2.12. The van der Waals surface area contributed by atoms with Crippen LogP contribution in [-0.4, -0.2) is 50.1 Å². The molecule has 2 aromatic carbocycles. The third-order valence-electron chi connectivity index (χ3n) is 3.88. The minimum absolute atomic E-state index is 0. The van der Waals surface area contributed by atoms with Gasteiger partial charge >= 0.3 is 0 Å². The standard InChI is InChI=1S/C21H27FN4O2.HI/c1-16(28-19-11-9-18(22)10-12-19)13-23-21(25-15-20(27)26(2)3)24-14-17-7-5-4-6-8-17;/h4-12,16H,13-15H2,1-3H3,(H2,23,24,25);1H. The highest BCUT2D eigenvalue weighted by molar-refractivity contribution is 14.0. The number of benzene rings is 2. The van der Waals surface area contributed by atoms with Crippen molar-refractivity contribution >= 4 is 35.8 Å². The summed E-state index contributed by atoms with van der Waals surface area (Å²) >= 11 is 0. The fourth-order valence-electron chi connectivity index (χ4n) is 2.27. The lowest BCUT2D eigenvalue weighted by atomic mass is 10.2. The van der Waals surface area contributed by atoms with Gasteiger partial charge in [-0.1, -0.05) is 30.3 Å². The lowest BCUT2D eigenvalue weighted by Crippen LogP contribution is -2.45. The van der Waals surface area contributed by atoms with Crippen molar-refractivity contribution in [2.24, 2.45) is 4.99 Å². The van der Waals surface area contributed by atoms with E-state index in [1.54, 1.807) is 26.2 Å². The molecule has 0 spiro atoms. The maximum Gasteiger partial charge on any atom is 0.241 e. The van der Waals surface area contributed by atoms with Crippen LogP contribution in [0.4, 0.5) is 4.39 Å². The second-order valence-corrected chi connectivity index (χ2v) is 6.56. The summed E-state index contributed by atoms with van der Waals surface area (Å²) in [4.78, 5) is 17.9. The number of hydrogen-bond acceptors (Lipinski definition) is 3. The number of ether oxygens (including phenoxy) is 1. The van der Waals surface area contributed by atoms with E-state index in [-0.39, 0.29) is 48.3 Å². The first-order valence-electron chi connectivity index (χ1n) is 9.12. The molecule has 2 N–H and O–H groups in total. The van der Waals surface area contributed by atoms with Crippen molar-refractivity contribution in [3.8, 4) is 5.75 Å². The van der Waals surface area contributed by atoms with Crippen LogP contribution in [0.1, 0.15) is 12.5 Å². The first kappa shape index (κ1) is 24.7. The van der Waals surface area contributed by atoms with E-state index < -0.39 is 0 Å². The minimum atomic E-state index is -0.303. The smallest absolute Gasteiger partial charge is 0.241 e. The quantitative estimate of drug-likeness (QED) is 0.323. The van der Waals surface area contributed by atoms with Gasteiger partial charge in [-0.05, 0) is 36.8 Å². The van der Waals surface area contributed by atoms with Gasteiger partial charge in [0.15, 0.2) is 5.96 Å². The lowest BCUT2D eigenvalue weighted by Gasteiger charge is -2.19. The summed E-state index contributed by atoms with van der Waals surface area (Å²) in [6, 6.07) is 15.7. The van der Waals surface area contributed by atoms with Gasteiger partial charge < -0.3 is 20.3 Å². The Kier molecular flexibility index (Phi) is 11.0. The normalized spacial score (nSPS) is 11.8. The van der Waals surface area contributed by atoms with Crippen molar-refractivity contribution in [2.75, 3.05) is 27.2 Å². The fourth-order valence-corrected chi connectivity index (χ4v) is 2.27. The number of aliphatic imine (C=N–C) groups is 1. The third-order valence-corrected chi connectivity index (χ3v) is 3.88. The number of nitrogens with one attached hydrogen (secondary N) is 2. The van der Waals surface area contributed by atoms with Crippen molar-refractivity contribution < 1.29 is 13.9 Å². The van der Waals surface area contributed by atoms with E-state index >= 15 is 0 Å². The van der Waals surface area contributed by atoms with Crippen LogP contribution in [-0.2, 0) is 11.3 Å². The lowest BCUT2D eigenvalue weighted by molar-refractivity contribution is -0.127. The van der Waals surface area contributed by atoms with Crippen LogP contribution in [0, 0.1) is 5.82 Å². The molecule has 0 aliphatic heterocycles. The molecule has 1 amide bonds. The van der Waals surface area contributed by atoms with Crippen LogP contribution in [0.5, 0.6) is 5.75 Å². The SMILES string of the molecule is CC(CNC(=NCc1ccccc1)NCC(=O)N(C)C)Oc1ccc(F)cc1.I. The monoisotopic (exact) mass is 514 g/mol. The molecule has 1 unspecified atom stereocenters. The van der Waals surface area contributed by atoms with Crippen LogP contribution >= 0.6 is 24.0 Å². The number of likely N-dealkylation sites (N-methyl/N-ethyl adjacent to an activating group) is 1. The first-order valence-corrected chi connectivity index (χ1v) is 9.12. The molecule has 0 bridgehead atoms. The highest BCUT2D eigenvalue weighted by atomic mass is 127. The molecule has 6 nitrogen and oxygen atoms in total. The molecule has 2 rings (SSSR count). The number of halogens is 2. The van der Waals surface area contributed by atoms with Crippen LogP contribution in [0.15, 0.2) is 59.6 Å². The molecule has 158 valence electrons. The predicted molar refractivity (Wildman–Crippen MR) is 124 cm³/mol. The maximum absolute atomic E-state index is 13.0. The molecule has 0 radical (unpaired) electrons. The molecule has 0 saturated carbocycles. The Hall–Kier alpha value is -2.36. The van der Waals surface area contributed by atoms with E-state index in [9.17, 15) is 9.18 Å². The van der Waals surface area contributed by atoms with Gasteiger partial charge in [-0.25, -0.2) is 9.38 Å². The zero-order valence-electron chi connectivity index (χ0n) is 16.9. The van der Waals surface area contributed by atoms with Crippen molar-refractivity contribution in [1.82, 2.24) is 15.5 Å². The van der Waals surface area contributed by atoms with Crippen molar-refractivity contribution in [2.45, 2.75) is 19.6 Å². The van der Waals surface area contributed by atoms with Crippen molar-refractivity contribution in [1.29, 1.82) is 0 Å². The van der Waals surface area contributed by atoms with Crippen LogP contribution < -0.4 is 15.4 Å². The van der Waals surface area contributed by atoms with Crippen LogP contribution in [0.2, 0.25) is 0 Å². The first-order chi connectivity index (χ1) is 13.4. The zero-order valence-corrected chi connectivity index (χ0v) is 19.2. The molecule has 0 aromatic heterocycles. The summed E-state index contributed by atoms with van der Waals surface area (Å²) in [5, 5.41) is 6.23. The van der Waals surface area contributed by atoms with Crippen LogP contribution in [0.25, 0.3) is 0 Å². The van der Waals surface area contributed by atoms with E-state index in [1.807, 2.05) is 37.3 Å². The van der Waals surface area contributed by atoms with Gasteiger partial charge in [0, 0.05) is 14.1 Å². The Morgan fingerprint density at radius 1 is 1.10 bits per heavy atom. The molecular formula is C21H28FIN4O2. The summed E-state index contributed by atoms with van der Waals surface area (Å²) in [6.07, 6.45) is -0.182. The minimum Gasteiger partial charge on any atom is -0.489 e. The average molecular weight is 514 g/mol. The van der Waals surface area contributed by atoms with Gasteiger partial charge in [-0.15, -0.1) is 24.0 Å². The Balaban J connectivity index is 0.00000420. The number of carbonyl (C=O) groups is 1. The number of amides is 1. The molecule has 29 heavy (non-hydrogen) atoms. The average Bonchev–Trinajstić information content (AvgIpc) is 2.69. The molecule has 0 aliphatic rings. The molecule has 0 heterocycles. The Morgan fingerprint density at radius 2 is 1.76 bits per heavy atom. The Bertz CT molecular complexity index is 770. The molecule has 0 fully saturated rings. The topological polar surface area (TPSA) is 66.0 Å². The fraction of sp³-hybridized carbons (Fsp3) is 0.333. The number of guanidine groups is 1. The second-order valence-electron chi connectivity index (χ2n) is 6.56. The number of carbonyl (C=O) groups excluding carboxylic acids is 1. The van der Waals surface area contributed by atoms with E-state index in [2.05, 4.69) is 15.6 Å². The number of hydrogen-bond donors (Lipinski definition) is 2. The van der Waals surface area contributed by atoms with Gasteiger partial charge in [-0.2, -0.15) is 0 Å². The maximum atomic E-state index is 13.0.